The van der Waals surface area contributed by atoms with E-state index in [1.165, 1.54) is 10.9 Å². The van der Waals surface area contributed by atoms with Gasteiger partial charge in [0.05, 0.1) is 20.6 Å². The predicted octanol–water partition coefficient (Wildman–Crippen LogP) is 3.09. The van der Waals surface area contributed by atoms with Gasteiger partial charge in [0.2, 0.25) is 5.91 Å². The fourth-order valence-corrected chi connectivity index (χ4v) is 2.93. The number of methoxy groups -OCH3 is 2. The molecular formula is C20H22N2O3. The second-order valence-electron chi connectivity index (χ2n) is 5.81. The Balaban J connectivity index is 1.58. The topological polar surface area (TPSA) is 63.4 Å². The summed E-state index contributed by atoms with van der Waals surface area (Å²) in [6.45, 7) is 0.590. The number of H-pyrrole nitrogens is 1. The van der Waals surface area contributed by atoms with E-state index in [0.717, 1.165) is 17.5 Å². The number of carbonyl (C=O) groups is 1. The minimum atomic E-state index is -0.0357. The van der Waals surface area contributed by atoms with Gasteiger partial charge in [-0.2, -0.15) is 0 Å². The van der Waals surface area contributed by atoms with E-state index in [1.807, 2.05) is 42.6 Å². The number of aromatic amines is 1. The largest absolute Gasteiger partial charge is 0.497 e. The van der Waals surface area contributed by atoms with E-state index in [9.17, 15) is 4.79 Å². The van der Waals surface area contributed by atoms with Gasteiger partial charge in [-0.1, -0.05) is 18.2 Å². The van der Waals surface area contributed by atoms with Crippen molar-refractivity contribution in [1.82, 2.24) is 10.3 Å². The van der Waals surface area contributed by atoms with Gasteiger partial charge in [-0.15, -0.1) is 0 Å². The third-order valence-electron chi connectivity index (χ3n) is 4.23. The van der Waals surface area contributed by atoms with Crippen molar-refractivity contribution in [2.24, 2.45) is 0 Å². The molecule has 0 saturated heterocycles. The molecule has 3 rings (SSSR count). The molecule has 1 heterocycles. The summed E-state index contributed by atoms with van der Waals surface area (Å²) < 4.78 is 10.5. The molecule has 0 aliphatic carbocycles. The molecule has 0 spiro atoms. The Kier molecular flexibility index (Phi) is 5.23. The van der Waals surface area contributed by atoms with E-state index in [2.05, 4.69) is 16.4 Å². The number of hydrogen-bond donors (Lipinski definition) is 2. The molecule has 0 saturated carbocycles. The number of carbonyl (C=O) groups excluding carboxylic acids is 1. The van der Waals surface area contributed by atoms with Crippen LogP contribution >= 0.6 is 0 Å². The van der Waals surface area contributed by atoms with E-state index in [0.29, 0.717) is 18.0 Å². The van der Waals surface area contributed by atoms with Crippen molar-refractivity contribution in [1.29, 1.82) is 0 Å². The van der Waals surface area contributed by atoms with E-state index < -0.39 is 0 Å². The third kappa shape index (κ3) is 3.94. The third-order valence-corrected chi connectivity index (χ3v) is 4.23. The van der Waals surface area contributed by atoms with Gasteiger partial charge in [-0.25, -0.2) is 0 Å². The zero-order chi connectivity index (χ0) is 17.6. The minimum absolute atomic E-state index is 0.0357. The number of hydrogen-bond acceptors (Lipinski definition) is 3. The normalized spacial score (nSPS) is 10.6. The lowest BCUT2D eigenvalue weighted by Gasteiger charge is -2.10. The summed E-state index contributed by atoms with van der Waals surface area (Å²) in [5.74, 6) is 1.36. The molecule has 2 N–H and O–H groups in total. The molecule has 0 fully saturated rings. The van der Waals surface area contributed by atoms with Crippen molar-refractivity contribution >= 4 is 16.8 Å². The summed E-state index contributed by atoms with van der Waals surface area (Å²) in [6.07, 6.45) is 3.04. The number of nitrogens with one attached hydrogen (secondary N) is 2. The first-order valence-electron chi connectivity index (χ1n) is 8.24. The molecule has 130 valence electrons. The Morgan fingerprint density at radius 3 is 2.72 bits per heavy atom. The van der Waals surface area contributed by atoms with Crippen molar-refractivity contribution in [2.75, 3.05) is 20.8 Å². The molecule has 5 nitrogen and oxygen atoms in total. The standard InChI is InChI=1S/C20H22N2O3/c1-24-16-7-8-19(25-2)15(11-16)12-20(23)21-10-9-14-13-22-18-6-4-3-5-17(14)18/h3-8,11,13,22H,9-10,12H2,1-2H3,(H,21,23). The average molecular weight is 338 g/mol. The lowest BCUT2D eigenvalue weighted by atomic mass is 10.1. The fourth-order valence-electron chi connectivity index (χ4n) is 2.93. The Hall–Kier alpha value is -2.95. The fraction of sp³-hybridized carbons (Fsp3) is 0.250. The Morgan fingerprint density at radius 1 is 1.08 bits per heavy atom. The Bertz CT molecular complexity index is 870. The molecule has 1 aromatic heterocycles. The molecule has 0 unspecified atom stereocenters. The minimum Gasteiger partial charge on any atom is -0.497 e. The highest BCUT2D eigenvalue weighted by molar-refractivity contribution is 5.83. The molecule has 3 aromatic rings. The summed E-state index contributed by atoms with van der Waals surface area (Å²) in [5, 5.41) is 4.17. The van der Waals surface area contributed by atoms with E-state index in [4.69, 9.17) is 9.47 Å². The number of rotatable bonds is 7. The van der Waals surface area contributed by atoms with Crippen molar-refractivity contribution in [3.8, 4) is 11.5 Å². The van der Waals surface area contributed by atoms with Crippen LogP contribution in [-0.2, 0) is 17.6 Å². The molecular weight excluding hydrogens is 316 g/mol. The average Bonchev–Trinajstić information content (AvgIpc) is 3.05. The summed E-state index contributed by atoms with van der Waals surface area (Å²) >= 11 is 0. The zero-order valence-corrected chi connectivity index (χ0v) is 14.5. The summed E-state index contributed by atoms with van der Waals surface area (Å²) in [5.41, 5.74) is 3.13. The number of ether oxygens (including phenoxy) is 2. The van der Waals surface area contributed by atoms with Crippen LogP contribution in [0.3, 0.4) is 0 Å². The van der Waals surface area contributed by atoms with Crippen LogP contribution in [-0.4, -0.2) is 31.7 Å². The Morgan fingerprint density at radius 2 is 1.92 bits per heavy atom. The molecule has 1 amide bonds. The van der Waals surface area contributed by atoms with Crippen molar-refractivity contribution in [3.05, 3.63) is 59.8 Å². The van der Waals surface area contributed by atoms with E-state index in [-0.39, 0.29) is 12.3 Å². The van der Waals surface area contributed by atoms with Gasteiger partial charge in [-0.3, -0.25) is 4.79 Å². The summed E-state index contributed by atoms with van der Waals surface area (Å²) in [6, 6.07) is 13.6. The molecule has 25 heavy (non-hydrogen) atoms. The van der Waals surface area contributed by atoms with Crippen LogP contribution in [0.4, 0.5) is 0 Å². The smallest absolute Gasteiger partial charge is 0.224 e. The molecule has 2 aromatic carbocycles. The van der Waals surface area contributed by atoms with Crippen molar-refractivity contribution < 1.29 is 14.3 Å². The van der Waals surface area contributed by atoms with Gasteiger partial charge in [0, 0.05) is 29.2 Å². The molecule has 0 aliphatic heterocycles. The van der Waals surface area contributed by atoms with Crippen molar-refractivity contribution in [2.45, 2.75) is 12.8 Å². The van der Waals surface area contributed by atoms with Gasteiger partial charge in [0.25, 0.3) is 0 Å². The molecule has 0 aliphatic rings. The van der Waals surface area contributed by atoms with Crippen LogP contribution < -0.4 is 14.8 Å². The Labute approximate surface area is 147 Å². The van der Waals surface area contributed by atoms with Crippen LogP contribution in [0.1, 0.15) is 11.1 Å². The lowest BCUT2D eigenvalue weighted by Crippen LogP contribution is -2.27. The van der Waals surface area contributed by atoms with E-state index >= 15 is 0 Å². The van der Waals surface area contributed by atoms with Gasteiger partial charge in [0.1, 0.15) is 11.5 Å². The maximum atomic E-state index is 12.3. The first kappa shape index (κ1) is 16.9. The van der Waals surface area contributed by atoms with Gasteiger partial charge in [-0.05, 0) is 36.2 Å². The van der Waals surface area contributed by atoms with Crippen LogP contribution in [0.5, 0.6) is 11.5 Å². The number of fused-ring (bicyclic) bond motifs is 1. The van der Waals surface area contributed by atoms with Crippen molar-refractivity contribution in [3.63, 3.8) is 0 Å². The molecule has 0 atom stereocenters. The van der Waals surface area contributed by atoms with Crippen LogP contribution in [0.25, 0.3) is 10.9 Å². The number of amides is 1. The molecule has 5 heteroatoms. The van der Waals surface area contributed by atoms with E-state index in [1.54, 1.807) is 14.2 Å². The lowest BCUT2D eigenvalue weighted by molar-refractivity contribution is -0.120. The summed E-state index contributed by atoms with van der Waals surface area (Å²) in [4.78, 5) is 15.5. The van der Waals surface area contributed by atoms with Crippen LogP contribution in [0.15, 0.2) is 48.7 Å². The molecule has 0 radical (unpaired) electrons. The number of para-hydroxylation sites is 1. The summed E-state index contributed by atoms with van der Waals surface area (Å²) in [7, 11) is 3.20. The van der Waals surface area contributed by atoms with Gasteiger partial charge < -0.3 is 19.8 Å². The number of aromatic nitrogens is 1. The number of benzene rings is 2. The monoisotopic (exact) mass is 338 g/mol. The quantitative estimate of drug-likeness (QED) is 0.696. The predicted molar refractivity (Wildman–Crippen MR) is 98.3 cm³/mol. The highest BCUT2D eigenvalue weighted by atomic mass is 16.5. The first-order chi connectivity index (χ1) is 12.2. The van der Waals surface area contributed by atoms with Gasteiger partial charge in [0.15, 0.2) is 0 Å². The van der Waals surface area contributed by atoms with Crippen LogP contribution in [0.2, 0.25) is 0 Å². The van der Waals surface area contributed by atoms with Crippen LogP contribution in [0, 0.1) is 0 Å². The highest BCUT2D eigenvalue weighted by Gasteiger charge is 2.10. The maximum absolute atomic E-state index is 12.3. The second-order valence-corrected chi connectivity index (χ2v) is 5.81. The second kappa shape index (κ2) is 7.75. The zero-order valence-electron chi connectivity index (χ0n) is 14.5. The first-order valence-corrected chi connectivity index (χ1v) is 8.24. The maximum Gasteiger partial charge on any atom is 0.224 e. The highest BCUT2D eigenvalue weighted by Crippen LogP contribution is 2.24. The van der Waals surface area contributed by atoms with Gasteiger partial charge >= 0.3 is 0 Å². The molecule has 0 bridgehead atoms. The SMILES string of the molecule is COc1ccc(OC)c(CC(=O)NCCc2c[nH]c3ccccc23)c1.